The van der Waals surface area contributed by atoms with Crippen LogP contribution in [-0.4, -0.2) is 46.1 Å². The number of hydrogen-bond acceptors (Lipinski definition) is 5. The molecule has 0 spiro atoms. The van der Waals surface area contributed by atoms with Crippen molar-refractivity contribution in [1.29, 1.82) is 0 Å². The summed E-state index contributed by atoms with van der Waals surface area (Å²) < 4.78 is 5.22. The van der Waals surface area contributed by atoms with E-state index in [1.807, 2.05) is 13.8 Å². The molecule has 0 aromatic heterocycles. The van der Waals surface area contributed by atoms with Crippen molar-refractivity contribution in [2.75, 3.05) is 6.61 Å². The molecule has 6 nitrogen and oxygen atoms in total. The minimum absolute atomic E-state index is 0.0535. The molecule has 1 unspecified atom stereocenters. The number of aliphatic hydroxyl groups excluding tert-OH is 2. The lowest BCUT2D eigenvalue weighted by molar-refractivity contribution is -0.231. The zero-order chi connectivity index (χ0) is 27.4. The van der Waals surface area contributed by atoms with Gasteiger partial charge in [0.2, 0.25) is 0 Å². The fourth-order valence-corrected chi connectivity index (χ4v) is 10.7. The molecule has 5 rings (SSSR count). The van der Waals surface area contributed by atoms with Crippen molar-refractivity contribution in [3.63, 3.8) is 0 Å². The quantitative estimate of drug-likeness (QED) is 0.307. The average Bonchev–Trinajstić information content (AvgIpc) is 2.79. The van der Waals surface area contributed by atoms with Crippen molar-refractivity contribution in [1.82, 2.24) is 0 Å². The number of ether oxygens (including phenoxy) is 1. The molecule has 0 bridgehead atoms. The Labute approximate surface area is 222 Å². The van der Waals surface area contributed by atoms with E-state index in [-0.39, 0.29) is 40.0 Å². The van der Waals surface area contributed by atoms with Crippen molar-refractivity contribution in [2.45, 2.75) is 112 Å². The second-order valence-electron chi connectivity index (χ2n) is 15.4. The van der Waals surface area contributed by atoms with E-state index in [1.54, 1.807) is 0 Å². The highest BCUT2D eigenvalue weighted by Crippen LogP contribution is 2.75. The van der Waals surface area contributed by atoms with Gasteiger partial charge in [-0.25, -0.2) is 4.79 Å². The minimum atomic E-state index is -1.27. The largest absolute Gasteiger partial charge is 0.505 e. The number of hydrogen-bond donors (Lipinski definition) is 3. The van der Waals surface area contributed by atoms with Crippen LogP contribution in [-0.2, 0) is 9.53 Å². The Morgan fingerprint density at radius 1 is 0.973 bits per heavy atom. The molecule has 0 saturated heterocycles. The van der Waals surface area contributed by atoms with Crippen LogP contribution in [0.5, 0.6) is 0 Å². The Morgan fingerprint density at radius 2 is 1.62 bits per heavy atom. The molecule has 0 radical (unpaired) electrons. The molecule has 5 aliphatic carbocycles. The topological polar surface area (TPSA) is 104 Å². The molecule has 9 atom stereocenters. The normalized spacial score (nSPS) is 50.0. The van der Waals surface area contributed by atoms with Crippen LogP contribution in [0, 0.1) is 50.2 Å². The number of Topliss-reactive ketones (excluding diaryl/α,β-unsaturated/α-hetero) is 1. The first kappa shape index (κ1) is 27.2. The van der Waals surface area contributed by atoms with Crippen molar-refractivity contribution >= 4 is 11.9 Å². The average molecular weight is 517 g/mol. The molecule has 4 fully saturated rings. The molecule has 5 aliphatic rings. The van der Waals surface area contributed by atoms with Crippen LogP contribution in [0.2, 0.25) is 0 Å². The maximum absolute atomic E-state index is 14.1. The predicted molar refractivity (Wildman–Crippen MR) is 141 cm³/mol. The summed E-state index contributed by atoms with van der Waals surface area (Å²) in [6.07, 6.45) is 6.38. The Morgan fingerprint density at radius 3 is 2.27 bits per heavy atom. The Kier molecular flexibility index (Phi) is 5.92. The van der Waals surface area contributed by atoms with Crippen LogP contribution >= 0.6 is 0 Å². The summed E-state index contributed by atoms with van der Waals surface area (Å²) in [7, 11) is 0. The van der Waals surface area contributed by atoms with Gasteiger partial charge < -0.3 is 20.1 Å². The number of ketones is 1. The van der Waals surface area contributed by atoms with Gasteiger partial charge in [-0.2, -0.15) is 0 Å². The summed E-state index contributed by atoms with van der Waals surface area (Å²) in [5.41, 5.74) is -0.395. The first-order valence-corrected chi connectivity index (χ1v) is 14.4. The van der Waals surface area contributed by atoms with Crippen molar-refractivity contribution in [3.05, 3.63) is 11.6 Å². The Balaban J connectivity index is 1.60. The smallest absolute Gasteiger partial charge is 0.450 e. The first-order valence-electron chi connectivity index (χ1n) is 14.4. The number of fused-ring (bicyclic) bond motifs is 7. The van der Waals surface area contributed by atoms with Crippen molar-refractivity contribution < 1.29 is 29.6 Å². The lowest BCUT2D eigenvalue weighted by Gasteiger charge is -2.71. The van der Waals surface area contributed by atoms with E-state index in [2.05, 4.69) is 40.7 Å². The van der Waals surface area contributed by atoms with Crippen LogP contribution < -0.4 is 0 Å². The molecule has 0 aromatic rings. The molecule has 4 saturated carbocycles. The third-order valence-corrected chi connectivity index (χ3v) is 13.2. The standard InChI is InChI=1S/C31H48O6/c1-26(2)12-14-31(17-37-25(35)36)15-13-29(6)18(22(31)24(26)34)8-9-21-28(5)16-19(32)23(33)27(3,4)20(28)10-11-30(21,29)7/h8,19-23,32-33H,9-17H2,1-7H3,(H,35,36)/t19-,20?,21-,22+,23-,28+,29-,30-,31-/m1/s1. The minimum Gasteiger partial charge on any atom is -0.450 e. The van der Waals surface area contributed by atoms with E-state index in [0.717, 1.165) is 44.9 Å². The number of allylic oxidation sites excluding steroid dienone is 2. The molecular formula is C31H48O6. The van der Waals surface area contributed by atoms with Gasteiger partial charge in [0.25, 0.3) is 0 Å². The van der Waals surface area contributed by atoms with Gasteiger partial charge in [-0.3, -0.25) is 4.79 Å². The van der Waals surface area contributed by atoms with E-state index in [4.69, 9.17) is 4.74 Å². The third kappa shape index (κ3) is 3.43. The summed E-state index contributed by atoms with van der Waals surface area (Å²) in [6, 6.07) is 0. The number of rotatable bonds is 2. The molecule has 208 valence electrons. The molecule has 37 heavy (non-hydrogen) atoms. The van der Waals surface area contributed by atoms with Gasteiger partial charge in [0.05, 0.1) is 12.2 Å². The lowest BCUT2D eigenvalue weighted by atomic mass is 9.33. The molecule has 6 heteroatoms. The van der Waals surface area contributed by atoms with Gasteiger partial charge in [-0.1, -0.05) is 60.1 Å². The number of carbonyl (C=O) groups is 2. The van der Waals surface area contributed by atoms with Gasteiger partial charge in [-0.05, 0) is 84.9 Å². The van der Waals surface area contributed by atoms with E-state index >= 15 is 0 Å². The monoisotopic (exact) mass is 516 g/mol. The van der Waals surface area contributed by atoms with E-state index in [0.29, 0.717) is 18.3 Å². The second-order valence-corrected chi connectivity index (χ2v) is 15.4. The Hall–Kier alpha value is -1.40. The lowest BCUT2D eigenvalue weighted by Crippen LogP contribution is -2.67. The summed E-state index contributed by atoms with van der Waals surface area (Å²) in [6.45, 7) is 15.6. The van der Waals surface area contributed by atoms with Gasteiger partial charge in [0.1, 0.15) is 12.4 Å². The van der Waals surface area contributed by atoms with Gasteiger partial charge in [0, 0.05) is 16.7 Å². The Bertz CT molecular complexity index is 1030. The highest BCUT2D eigenvalue weighted by molar-refractivity contribution is 5.91. The summed E-state index contributed by atoms with van der Waals surface area (Å²) in [4.78, 5) is 25.6. The summed E-state index contributed by atoms with van der Waals surface area (Å²) in [5, 5.41) is 31.3. The van der Waals surface area contributed by atoms with Crippen LogP contribution in [0.3, 0.4) is 0 Å². The first-order chi connectivity index (χ1) is 17.0. The van der Waals surface area contributed by atoms with Crippen LogP contribution in [0.25, 0.3) is 0 Å². The molecule has 0 aliphatic heterocycles. The van der Waals surface area contributed by atoms with E-state index in [1.165, 1.54) is 5.57 Å². The molecule has 0 heterocycles. The zero-order valence-corrected chi connectivity index (χ0v) is 23.9. The summed E-state index contributed by atoms with van der Waals surface area (Å²) in [5.74, 6) is 0.581. The highest BCUT2D eigenvalue weighted by Gasteiger charge is 2.70. The number of carboxylic acid groups (broad SMARTS) is 1. The van der Waals surface area contributed by atoms with Crippen molar-refractivity contribution in [2.24, 2.45) is 50.2 Å². The maximum Gasteiger partial charge on any atom is 0.505 e. The van der Waals surface area contributed by atoms with Gasteiger partial charge >= 0.3 is 6.16 Å². The summed E-state index contributed by atoms with van der Waals surface area (Å²) >= 11 is 0. The fraction of sp³-hybridized carbons (Fsp3) is 0.871. The van der Waals surface area contributed by atoms with Crippen LogP contribution in [0.15, 0.2) is 11.6 Å². The van der Waals surface area contributed by atoms with E-state index < -0.39 is 29.2 Å². The van der Waals surface area contributed by atoms with E-state index in [9.17, 15) is 24.9 Å². The zero-order valence-electron chi connectivity index (χ0n) is 23.9. The molecule has 0 amide bonds. The van der Waals surface area contributed by atoms with Gasteiger partial charge in [0.15, 0.2) is 0 Å². The molecule has 0 aromatic carbocycles. The predicted octanol–water partition coefficient (Wildman–Crippen LogP) is 5.99. The van der Waals surface area contributed by atoms with Gasteiger partial charge in [-0.15, -0.1) is 0 Å². The number of aliphatic hydroxyl groups is 2. The SMILES string of the molecule is CC1(C)CC[C@]2(COC(=O)O)CC[C@]3(C)C(=CC[C@@H]4[C@@]5(C)C[C@@H](O)[C@@H](O)C(C)(C)C5CC[C@]43C)[C@H]2C1=O. The number of carbonyl (C=O) groups excluding carboxylic acids is 1. The fourth-order valence-electron chi connectivity index (χ4n) is 10.7. The maximum atomic E-state index is 14.1. The van der Waals surface area contributed by atoms with Crippen LogP contribution in [0.1, 0.15) is 99.8 Å². The second kappa shape index (κ2) is 8.06. The third-order valence-electron chi connectivity index (χ3n) is 13.2. The molecule has 3 N–H and O–H groups in total. The van der Waals surface area contributed by atoms with Crippen LogP contribution in [0.4, 0.5) is 4.79 Å². The van der Waals surface area contributed by atoms with Crippen molar-refractivity contribution in [3.8, 4) is 0 Å². The molecular weight excluding hydrogens is 468 g/mol. The highest BCUT2D eigenvalue weighted by atomic mass is 16.7.